The Bertz CT molecular complexity index is 108. The summed E-state index contributed by atoms with van der Waals surface area (Å²) in [7, 11) is 0. The van der Waals surface area contributed by atoms with E-state index in [1.165, 1.54) is 0 Å². The maximum atomic E-state index is 5.91. The summed E-state index contributed by atoms with van der Waals surface area (Å²) in [6, 6.07) is 0. The zero-order valence-corrected chi connectivity index (χ0v) is 12.5. The predicted octanol–water partition coefficient (Wildman–Crippen LogP) is 4.78. The van der Waals surface area contributed by atoms with Crippen molar-refractivity contribution in [2.24, 2.45) is 0 Å². The normalized spacial score (nSPS) is 13.8. The second-order valence-electron chi connectivity index (χ2n) is 1.64. The van der Waals surface area contributed by atoms with Crippen LogP contribution >= 0.6 is 86.9 Å². The molecule has 6 heteroatoms. The lowest BCUT2D eigenvalue weighted by Crippen LogP contribution is -2.29. The molecular weight excluding hydrogens is 439 g/mol. The van der Waals surface area contributed by atoms with Gasteiger partial charge in [0.2, 0.25) is 0 Å². The molecule has 0 aromatic rings. The van der Waals surface area contributed by atoms with Gasteiger partial charge >= 0.3 is 0 Å². The minimum absolute atomic E-state index is 0.614. The van der Waals surface area contributed by atoms with Crippen molar-refractivity contribution in [3.05, 3.63) is 0 Å². The third kappa shape index (κ3) is 3.94. The summed E-state index contributed by atoms with van der Waals surface area (Å²) in [5.74, 6) is 0. The highest BCUT2D eigenvalue weighted by Gasteiger charge is 2.43. The van der Waals surface area contributed by atoms with E-state index in [1.54, 1.807) is 0 Å². The number of rotatable bonds is 2. The van der Waals surface area contributed by atoms with Gasteiger partial charge in [-0.25, -0.2) is 0 Å². The number of halogens is 6. The van der Waals surface area contributed by atoms with Crippen LogP contribution in [0.15, 0.2) is 0 Å². The van der Waals surface area contributed by atoms with Crippen LogP contribution in [0.3, 0.4) is 0 Å². The number of hydrogen-bond acceptors (Lipinski definition) is 0. The zero-order valence-electron chi connectivity index (χ0n) is 4.68. The molecule has 0 bridgehead atoms. The second kappa shape index (κ2) is 4.66. The first kappa shape index (κ1) is 12.5. The Labute approximate surface area is 104 Å². The molecular formula is C4H4Br4Cl2. The van der Waals surface area contributed by atoms with Gasteiger partial charge in [0.25, 0.3) is 0 Å². The van der Waals surface area contributed by atoms with E-state index in [0.29, 0.717) is 6.42 Å². The van der Waals surface area contributed by atoms with Crippen LogP contribution in [0.1, 0.15) is 6.42 Å². The van der Waals surface area contributed by atoms with Crippen LogP contribution in [-0.2, 0) is 0 Å². The van der Waals surface area contributed by atoms with Gasteiger partial charge in [0.05, 0.1) is 0 Å². The van der Waals surface area contributed by atoms with Gasteiger partial charge in [0.15, 0.2) is 6.48 Å². The predicted molar refractivity (Wildman–Crippen MR) is 62.4 cm³/mol. The van der Waals surface area contributed by atoms with Gasteiger partial charge in [0, 0.05) is 5.33 Å². The van der Waals surface area contributed by atoms with Gasteiger partial charge in [0.1, 0.15) is 0 Å². The van der Waals surface area contributed by atoms with Gasteiger partial charge in [-0.3, -0.25) is 0 Å². The third-order valence-corrected chi connectivity index (χ3v) is 5.56. The van der Waals surface area contributed by atoms with Crippen LogP contribution in [0, 0.1) is 0 Å². The van der Waals surface area contributed by atoms with E-state index in [4.69, 9.17) is 23.2 Å². The molecule has 62 valence electrons. The smallest absolute Gasteiger partial charge is 0.0981 e. The molecule has 0 heterocycles. The van der Waals surface area contributed by atoms with Gasteiger partial charge in [-0.05, 0) is 6.42 Å². The Morgan fingerprint density at radius 2 is 1.50 bits per heavy atom. The van der Waals surface area contributed by atoms with E-state index in [9.17, 15) is 0 Å². The fourth-order valence-electron chi connectivity index (χ4n) is 0.260. The second-order valence-corrected chi connectivity index (χ2v) is 10.7. The lowest BCUT2D eigenvalue weighted by molar-refractivity contribution is 0.813. The fourth-order valence-corrected chi connectivity index (χ4v) is 2.10. The molecule has 0 radical (unpaired) electrons. The molecule has 0 aliphatic heterocycles. The first-order chi connectivity index (χ1) is 4.31. The molecule has 0 aliphatic carbocycles. The van der Waals surface area contributed by atoms with Crippen LogP contribution < -0.4 is 0 Å². The van der Waals surface area contributed by atoms with Crippen LogP contribution in [-0.4, -0.2) is 11.8 Å². The highest BCUT2D eigenvalue weighted by molar-refractivity contribution is 9.39. The van der Waals surface area contributed by atoms with Crippen LogP contribution in [0.4, 0.5) is 0 Å². The lowest BCUT2D eigenvalue weighted by atomic mass is 10.4. The van der Waals surface area contributed by atoms with E-state index < -0.39 is 6.48 Å². The lowest BCUT2D eigenvalue weighted by Gasteiger charge is -2.27. The van der Waals surface area contributed by atoms with Crippen molar-refractivity contribution in [1.29, 1.82) is 0 Å². The molecule has 0 nitrogen and oxygen atoms in total. The summed E-state index contributed by atoms with van der Waals surface area (Å²) in [6.07, 6.45) is 0.637. The summed E-state index contributed by atoms with van der Waals surface area (Å²) in [5.41, 5.74) is 0. The maximum absolute atomic E-state index is 5.91. The van der Waals surface area contributed by atoms with E-state index in [0.717, 1.165) is 5.33 Å². The number of alkyl halides is 6. The highest BCUT2D eigenvalue weighted by Crippen LogP contribution is 2.52. The van der Waals surface area contributed by atoms with Gasteiger partial charge in [-0.1, -0.05) is 86.9 Å². The zero-order chi connectivity index (χ0) is 8.41. The summed E-state index contributed by atoms with van der Waals surface area (Å²) in [5, 5.41) is 0.755. The molecule has 0 saturated carbocycles. The first-order valence-corrected chi connectivity index (χ1v) is 6.57. The molecule has 0 amide bonds. The standard InChI is InChI=1S/C4H4Br4Cl2/c5-2-1-3(9,10)4(6,7)8/h1-2H2. The van der Waals surface area contributed by atoms with Crippen molar-refractivity contribution in [1.82, 2.24) is 0 Å². The molecule has 0 aromatic carbocycles. The molecule has 0 fully saturated rings. The third-order valence-electron chi connectivity index (χ3n) is 0.823. The van der Waals surface area contributed by atoms with E-state index in [1.807, 2.05) is 0 Å². The van der Waals surface area contributed by atoms with Crippen molar-refractivity contribution in [2.75, 3.05) is 5.33 Å². The molecule has 0 N–H and O–H groups in total. The molecule has 0 atom stereocenters. The Balaban J connectivity index is 4.10. The van der Waals surface area contributed by atoms with Crippen LogP contribution in [0.2, 0.25) is 0 Å². The largest absolute Gasteiger partial charge is 0.167 e. The van der Waals surface area contributed by atoms with E-state index >= 15 is 0 Å². The SMILES string of the molecule is ClC(Cl)(CCBr)C(Br)(Br)Br. The summed E-state index contributed by atoms with van der Waals surface area (Å²) < 4.78 is -1.48. The average Bonchev–Trinajstić information content (AvgIpc) is 1.61. The van der Waals surface area contributed by atoms with Crippen LogP contribution in [0.5, 0.6) is 0 Å². The topological polar surface area (TPSA) is 0 Å². The molecule has 0 saturated heterocycles. The average molecular weight is 443 g/mol. The minimum Gasteiger partial charge on any atom is -0.0981 e. The summed E-state index contributed by atoms with van der Waals surface area (Å²) in [6.45, 7) is 0. The fraction of sp³-hybridized carbons (Fsp3) is 1.00. The Morgan fingerprint density at radius 1 is 1.10 bits per heavy atom. The van der Waals surface area contributed by atoms with Crippen molar-refractivity contribution < 1.29 is 0 Å². The van der Waals surface area contributed by atoms with Crippen molar-refractivity contribution in [3.8, 4) is 0 Å². The first-order valence-electron chi connectivity index (χ1n) is 2.32. The quantitative estimate of drug-likeness (QED) is 0.540. The monoisotopic (exact) mass is 438 g/mol. The van der Waals surface area contributed by atoms with Gasteiger partial charge < -0.3 is 0 Å². The minimum atomic E-state index is -0.865. The van der Waals surface area contributed by atoms with Crippen molar-refractivity contribution in [2.45, 2.75) is 12.9 Å². The summed E-state index contributed by atoms with van der Waals surface area (Å²) in [4.78, 5) is 0. The van der Waals surface area contributed by atoms with Gasteiger partial charge in [-0.2, -0.15) is 0 Å². The molecule has 10 heavy (non-hydrogen) atoms. The van der Waals surface area contributed by atoms with Crippen molar-refractivity contribution >= 4 is 86.9 Å². The Morgan fingerprint density at radius 3 is 1.60 bits per heavy atom. The Kier molecular flexibility index (Phi) is 5.82. The van der Waals surface area contributed by atoms with Crippen LogP contribution in [0.25, 0.3) is 0 Å². The van der Waals surface area contributed by atoms with Crippen molar-refractivity contribution in [3.63, 3.8) is 0 Å². The summed E-state index contributed by atoms with van der Waals surface area (Å²) >= 11 is 24.8. The van der Waals surface area contributed by atoms with E-state index in [-0.39, 0.29) is 0 Å². The maximum Gasteiger partial charge on any atom is 0.167 e. The molecule has 0 unspecified atom stereocenters. The number of hydrogen-bond donors (Lipinski definition) is 0. The molecule has 0 aromatic heterocycles. The van der Waals surface area contributed by atoms with E-state index in [2.05, 4.69) is 63.7 Å². The molecule has 0 rings (SSSR count). The Hall–Kier alpha value is 2.50. The molecule has 0 spiro atoms. The molecule has 0 aliphatic rings. The van der Waals surface area contributed by atoms with Gasteiger partial charge in [-0.15, -0.1) is 0 Å². The highest BCUT2D eigenvalue weighted by atomic mass is 80.0.